The Morgan fingerprint density at radius 3 is 2.11 bits per heavy atom. The lowest BCUT2D eigenvalue weighted by molar-refractivity contribution is 0.0585. The molecule has 0 amide bonds. The van der Waals surface area contributed by atoms with E-state index in [4.69, 9.17) is 4.74 Å². The van der Waals surface area contributed by atoms with Gasteiger partial charge in [0.15, 0.2) is 5.78 Å². The molecule has 0 spiro atoms. The summed E-state index contributed by atoms with van der Waals surface area (Å²) in [5.74, 6) is -0.00142. The van der Waals surface area contributed by atoms with Gasteiger partial charge in [0.05, 0.1) is 4.61 Å². The molecule has 1 unspecified atom stereocenters. The summed E-state index contributed by atoms with van der Waals surface area (Å²) < 4.78 is 6.06. The highest BCUT2D eigenvalue weighted by Gasteiger charge is 2.21. The van der Waals surface area contributed by atoms with E-state index >= 15 is 0 Å². The molecule has 0 saturated carbocycles. The average molecular weight is 352 g/mol. The van der Waals surface area contributed by atoms with E-state index in [1.165, 1.54) is 0 Å². The second-order valence-electron chi connectivity index (χ2n) is 3.80. The molecule has 3 heteroatoms. The molecule has 0 aromatic heterocycles. The molecule has 0 saturated heterocycles. The van der Waals surface area contributed by atoms with Gasteiger partial charge in [-0.2, -0.15) is 0 Å². The van der Waals surface area contributed by atoms with Crippen molar-refractivity contribution in [3.63, 3.8) is 0 Å². The molecule has 2 rings (SSSR count). The van der Waals surface area contributed by atoms with Gasteiger partial charge in [-0.15, -0.1) is 0 Å². The maximum atomic E-state index is 12.4. The van der Waals surface area contributed by atoms with Crippen LogP contribution < -0.4 is 0 Å². The van der Waals surface area contributed by atoms with Crippen LogP contribution in [0.2, 0.25) is 0 Å². The molecule has 2 aromatic rings. The number of carbonyl (C=O) groups excluding carboxylic acids is 1. The van der Waals surface area contributed by atoms with Crippen molar-refractivity contribution in [1.82, 2.24) is 0 Å². The van der Waals surface area contributed by atoms with E-state index in [0.29, 0.717) is 10.2 Å². The maximum absolute atomic E-state index is 12.4. The first-order valence-corrected chi connectivity index (χ1v) is 7.17. The maximum Gasteiger partial charge on any atom is 0.196 e. The van der Waals surface area contributed by atoms with Crippen molar-refractivity contribution in [2.45, 2.75) is 6.10 Å². The summed E-state index contributed by atoms with van der Waals surface area (Å²) >= 11 is 2.11. The molecule has 0 bridgehead atoms. The lowest BCUT2D eigenvalue weighted by atomic mass is 10.00. The summed E-state index contributed by atoms with van der Waals surface area (Å²) in [6, 6.07) is 18.8. The SMILES string of the molecule is O=C(c1ccccc1)C(OCI)c1ccccc1. The molecule has 0 fully saturated rings. The van der Waals surface area contributed by atoms with Crippen LogP contribution in [0.3, 0.4) is 0 Å². The van der Waals surface area contributed by atoms with Crippen molar-refractivity contribution in [1.29, 1.82) is 0 Å². The number of benzene rings is 2. The van der Waals surface area contributed by atoms with Gasteiger partial charge in [-0.05, 0) is 5.56 Å². The van der Waals surface area contributed by atoms with Crippen LogP contribution in [0, 0.1) is 0 Å². The minimum absolute atomic E-state index is 0.00142. The first-order chi connectivity index (χ1) is 8.83. The van der Waals surface area contributed by atoms with E-state index < -0.39 is 6.10 Å². The molecule has 1 atom stereocenters. The molecule has 0 aliphatic carbocycles. The van der Waals surface area contributed by atoms with Gasteiger partial charge in [-0.1, -0.05) is 83.3 Å². The first-order valence-electron chi connectivity index (χ1n) is 5.64. The van der Waals surface area contributed by atoms with Gasteiger partial charge in [0.2, 0.25) is 0 Å². The normalized spacial score (nSPS) is 12.1. The molecule has 0 aliphatic rings. The number of ketones is 1. The molecule has 2 aromatic carbocycles. The lowest BCUT2D eigenvalue weighted by Crippen LogP contribution is -2.15. The second kappa shape index (κ2) is 6.66. The number of rotatable bonds is 5. The van der Waals surface area contributed by atoms with Gasteiger partial charge < -0.3 is 4.74 Å². The third-order valence-corrected chi connectivity index (χ3v) is 2.99. The van der Waals surface area contributed by atoms with E-state index in [1.807, 2.05) is 60.7 Å². The number of halogens is 1. The van der Waals surface area contributed by atoms with Crippen molar-refractivity contribution in [2.75, 3.05) is 4.61 Å². The Kier molecular flexibility index (Phi) is 4.90. The molecular formula is C15H13IO2. The topological polar surface area (TPSA) is 26.3 Å². The van der Waals surface area contributed by atoms with Crippen LogP contribution in [0.4, 0.5) is 0 Å². The molecule has 18 heavy (non-hydrogen) atoms. The zero-order chi connectivity index (χ0) is 12.8. The number of carbonyl (C=O) groups is 1. The minimum Gasteiger partial charge on any atom is -0.355 e. The quantitative estimate of drug-likeness (QED) is 0.462. The Morgan fingerprint density at radius 1 is 1.00 bits per heavy atom. The molecular weight excluding hydrogens is 339 g/mol. The van der Waals surface area contributed by atoms with Crippen LogP contribution in [-0.4, -0.2) is 10.4 Å². The van der Waals surface area contributed by atoms with Gasteiger partial charge in [-0.25, -0.2) is 0 Å². The molecule has 92 valence electrons. The summed E-state index contributed by atoms with van der Waals surface area (Å²) in [5, 5.41) is 0. The summed E-state index contributed by atoms with van der Waals surface area (Å²) in [5.41, 5.74) is 1.57. The number of hydrogen-bond donors (Lipinski definition) is 0. The van der Waals surface area contributed by atoms with Crippen molar-refractivity contribution >= 4 is 28.4 Å². The predicted molar refractivity (Wildman–Crippen MR) is 79.9 cm³/mol. The monoisotopic (exact) mass is 352 g/mol. The smallest absolute Gasteiger partial charge is 0.196 e. The summed E-state index contributed by atoms with van der Waals surface area (Å²) in [7, 11) is 0. The van der Waals surface area contributed by atoms with Crippen LogP contribution in [0.25, 0.3) is 0 Å². The van der Waals surface area contributed by atoms with Crippen LogP contribution >= 0.6 is 22.6 Å². The Balaban J connectivity index is 2.29. The molecule has 0 radical (unpaired) electrons. The van der Waals surface area contributed by atoms with Gasteiger partial charge in [-0.3, -0.25) is 4.79 Å². The summed E-state index contributed by atoms with van der Waals surface area (Å²) in [4.78, 5) is 12.4. The zero-order valence-electron chi connectivity index (χ0n) is 9.75. The van der Waals surface area contributed by atoms with Crippen LogP contribution in [0.1, 0.15) is 22.0 Å². The summed E-state index contributed by atoms with van der Waals surface area (Å²) in [6.45, 7) is 0. The van der Waals surface area contributed by atoms with Crippen molar-refractivity contribution in [2.24, 2.45) is 0 Å². The van der Waals surface area contributed by atoms with Gasteiger partial charge in [0, 0.05) is 5.56 Å². The van der Waals surface area contributed by atoms with Crippen molar-refractivity contribution in [3.05, 3.63) is 71.8 Å². The predicted octanol–water partition coefficient (Wildman–Crippen LogP) is 4.02. The fraction of sp³-hybridized carbons (Fsp3) is 0.133. The van der Waals surface area contributed by atoms with Gasteiger partial charge >= 0.3 is 0 Å². The van der Waals surface area contributed by atoms with Gasteiger partial charge in [0.1, 0.15) is 6.10 Å². The standard InChI is InChI=1S/C15H13IO2/c16-11-18-15(13-9-5-2-6-10-13)14(17)12-7-3-1-4-8-12/h1-10,15H,11H2. The van der Waals surface area contributed by atoms with Crippen LogP contribution in [-0.2, 0) is 4.74 Å². The van der Waals surface area contributed by atoms with E-state index in [9.17, 15) is 4.79 Å². The highest BCUT2D eigenvalue weighted by molar-refractivity contribution is 14.1. The summed E-state index contributed by atoms with van der Waals surface area (Å²) in [6.07, 6.45) is -0.523. The zero-order valence-corrected chi connectivity index (χ0v) is 11.9. The third-order valence-electron chi connectivity index (χ3n) is 2.63. The molecule has 0 N–H and O–H groups in total. The van der Waals surface area contributed by atoms with E-state index in [-0.39, 0.29) is 5.78 Å². The number of Topliss-reactive ketones (excluding diaryl/α,β-unsaturated/α-hetero) is 1. The Hall–Kier alpha value is -1.20. The fourth-order valence-electron chi connectivity index (χ4n) is 1.77. The van der Waals surface area contributed by atoms with Crippen LogP contribution in [0.5, 0.6) is 0 Å². The van der Waals surface area contributed by atoms with Crippen molar-refractivity contribution in [3.8, 4) is 0 Å². The molecule has 0 aliphatic heterocycles. The lowest BCUT2D eigenvalue weighted by Gasteiger charge is -2.15. The van der Waals surface area contributed by atoms with E-state index in [2.05, 4.69) is 22.6 Å². The Morgan fingerprint density at radius 2 is 1.56 bits per heavy atom. The fourth-order valence-corrected chi connectivity index (χ4v) is 2.13. The number of alkyl halides is 1. The first kappa shape index (κ1) is 13.2. The largest absolute Gasteiger partial charge is 0.355 e. The highest BCUT2D eigenvalue weighted by atomic mass is 127. The van der Waals surface area contributed by atoms with Crippen LogP contribution in [0.15, 0.2) is 60.7 Å². The van der Waals surface area contributed by atoms with E-state index in [1.54, 1.807) is 0 Å². The minimum atomic E-state index is -0.523. The number of hydrogen-bond acceptors (Lipinski definition) is 2. The molecule has 2 nitrogen and oxygen atoms in total. The molecule has 0 heterocycles. The number of ether oxygens (including phenoxy) is 1. The average Bonchev–Trinajstić information content (AvgIpc) is 2.46. The van der Waals surface area contributed by atoms with Gasteiger partial charge in [0.25, 0.3) is 0 Å². The second-order valence-corrected chi connectivity index (χ2v) is 4.42. The van der Waals surface area contributed by atoms with E-state index in [0.717, 1.165) is 5.56 Å². The Bertz CT molecular complexity index is 496. The highest BCUT2D eigenvalue weighted by Crippen LogP contribution is 2.22. The third kappa shape index (κ3) is 3.17. The Labute approximate surface area is 120 Å². The van der Waals surface area contributed by atoms with Crippen molar-refractivity contribution < 1.29 is 9.53 Å².